The molecule has 11 nitrogen and oxygen atoms in total. The van der Waals surface area contributed by atoms with Crippen molar-refractivity contribution >= 4 is 40.9 Å². The van der Waals surface area contributed by atoms with Gasteiger partial charge in [-0.05, 0) is 44.2 Å². The van der Waals surface area contributed by atoms with E-state index in [1.807, 2.05) is 0 Å². The molecule has 0 aliphatic carbocycles. The highest BCUT2D eigenvalue weighted by atomic mass is 16.6. The molecule has 1 fully saturated rings. The van der Waals surface area contributed by atoms with Crippen LogP contribution < -0.4 is 35.6 Å². The van der Waals surface area contributed by atoms with E-state index in [1.165, 1.54) is 6.07 Å². The topological polar surface area (TPSA) is 138 Å². The molecule has 1 saturated heterocycles. The number of hydrogen-bond acceptors (Lipinski definition) is 6. The molecule has 4 rings (SSSR count). The van der Waals surface area contributed by atoms with Crippen molar-refractivity contribution in [2.45, 2.75) is 19.4 Å². The van der Waals surface area contributed by atoms with Gasteiger partial charge in [0.1, 0.15) is 18.8 Å². The second kappa shape index (κ2) is 8.69. The Kier molecular flexibility index (Phi) is 5.78. The summed E-state index contributed by atoms with van der Waals surface area (Å²) < 4.78 is 10.9. The smallest absolute Gasteiger partial charge is 0.329 e. The second-order valence-electron chi connectivity index (χ2n) is 7.96. The van der Waals surface area contributed by atoms with E-state index in [1.54, 1.807) is 50.2 Å². The maximum atomic E-state index is 12.5. The van der Waals surface area contributed by atoms with Crippen molar-refractivity contribution in [2.75, 3.05) is 35.3 Å². The van der Waals surface area contributed by atoms with E-state index in [0.29, 0.717) is 41.8 Å². The molecule has 6 amide bonds. The lowest BCUT2D eigenvalue weighted by Crippen LogP contribution is -2.40. The van der Waals surface area contributed by atoms with Gasteiger partial charge in [0.15, 0.2) is 11.5 Å². The van der Waals surface area contributed by atoms with Gasteiger partial charge >= 0.3 is 12.1 Å². The van der Waals surface area contributed by atoms with Crippen LogP contribution in [0.15, 0.2) is 42.5 Å². The lowest BCUT2D eigenvalue weighted by molar-refractivity contribution is -0.121. The first-order chi connectivity index (χ1) is 15.7. The Morgan fingerprint density at radius 2 is 1.73 bits per heavy atom. The number of hydrogen-bond donors (Lipinski definition) is 4. The quantitative estimate of drug-likeness (QED) is 0.511. The molecule has 0 radical (unpaired) electrons. The van der Waals surface area contributed by atoms with Gasteiger partial charge in [0.25, 0.3) is 5.91 Å². The van der Waals surface area contributed by atoms with Gasteiger partial charge in [0.05, 0.1) is 12.2 Å². The Balaban J connectivity index is 1.31. The normalized spacial score (nSPS) is 16.1. The van der Waals surface area contributed by atoms with Crippen LogP contribution in [0.5, 0.6) is 11.5 Å². The van der Waals surface area contributed by atoms with Gasteiger partial charge in [0, 0.05) is 17.4 Å². The largest absolute Gasteiger partial charge is 0.486 e. The zero-order valence-corrected chi connectivity index (χ0v) is 18.1. The minimum atomic E-state index is -1.01. The minimum Gasteiger partial charge on any atom is -0.486 e. The molecule has 172 valence electrons. The molecule has 0 atom stereocenters. The Hall–Kier alpha value is -4.28. The number of nitrogens with zero attached hydrogens (tertiary/aromatic N) is 1. The number of imide groups is 1. The van der Waals surface area contributed by atoms with Gasteiger partial charge in [-0.1, -0.05) is 6.07 Å². The molecule has 2 aliphatic heterocycles. The van der Waals surface area contributed by atoms with Gasteiger partial charge in [0.2, 0.25) is 5.91 Å². The fourth-order valence-corrected chi connectivity index (χ4v) is 3.37. The maximum Gasteiger partial charge on any atom is 0.329 e. The van der Waals surface area contributed by atoms with E-state index in [-0.39, 0.29) is 6.54 Å². The van der Waals surface area contributed by atoms with E-state index >= 15 is 0 Å². The first-order valence-corrected chi connectivity index (χ1v) is 10.2. The average molecular weight is 453 g/mol. The zero-order chi connectivity index (χ0) is 23.6. The number of fused-ring (bicyclic) bond motifs is 1. The number of urea groups is 2. The van der Waals surface area contributed by atoms with E-state index in [9.17, 15) is 19.2 Å². The summed E-state index contributed by atoms with van der Waals surface area (Å²) in [6, 6.07) is 10.1. The fourth-order valence-electron chi connectivity index (χ4n) is 3.37. The second-order valence-corrected chi connectivity index (χ2v) is 7.96. The predicted molar refractivity (Wildman–Crippen MR) is 120 cm³/mol. The number of rotatable bonds is 5. The Morgan fingerprint density at radius 3 is 2.45 bits per heavy atom. The van der Waals surface area contributed by atoms with Gasteiger partial charge in [-0.3, -0.25) is 9.59 Å². The summed E-state index contributed by atoms with van der Waals surface area (Å²) in [5.41, 5.74) is 0.165. The molecule has 0 aromatic heterocycles. The molecular weight excluding hydrogens is 430 g/mol. The standard InChI is InChI=1S/C22H23N5O6/c1-22(2)19(29)27(21(31)26-22)15-5-3-4-13(10-15)25-20(30)23-12-18(28)24-14-6-7-16-17(11-14)33-9-8-32-16/h3-7,10-11H,8-9,12H2,1-2H3,(H,24,28)(H,26,31)(H2,23,25,30). The van der Waals surface area contributed by atoms with E-state index in [2.05, 4.69) is 21.3 Å². The molecular formula is C22H23N5O6. The molecule has 2 aliphatic rings. The van der Waals surface area contributed by atoms with E-state index in [4.69, 9.17) is 9.47 Å². The lowest BCUT2D eigenvalue weighted by atomic mass is 10.1. The molecule has 2 aromatic carbocycles. The van der Waals surface area contributed by atoms with Crippen molar-refractivity contribution in [2.24, 2.45) is 0 Å². The third kappa shape index (κ3) is 4.81. The van der Waals surface area contributed by atoms with Gasteiger partial charge in [-0.25, -0.2) is 14.5 Å². The molecule has 11 heteroatoms. The highest BCUT2D eigenvalue weighted by Gasteiger charge is 2.45. The van der Waals surface area contributed by atoms with Gasteiger partial charge in [-0.2, -0.15) is 0 Å². The van der Waals surface area contributed by atoms with Crippen LogP contribution >= 0.6 is 0 Å². The van der Waals surface area contributed by atoms with Crippen molar-refractivity contribution in [3.8, 4) is 11.5 Å². The van der Waals surface area contributed by atoms with Gasteiger partial charge in [-0.15, -0.1) is 0 Å². The third-order valence-corrected chi connectivity index (χ3v) is 4.96. The van der Waals surface area contributed by atoms with Crippen LogP contribution in [0.1, 0.15) is 13.8 Å². The number of benzene rings is 2. The summed E-state index contributed by atoms with van der Waals surface area (Å²) in [5.74, 6) is 0.316. The number of carbonyl (C=O) groups excluding carboxylic acids is 4. The summed E-state index contributed by atoms with van der Waals surface area (Å²) in [4.78, 5) is 50.1. The summed E-state index contributed by atoms with van der Waals surface area (Å²) in [6.07, 6.45) is 0. The third-order valence-electron chi connectivity index (χ3n) is 4.96. The monoisotopic (exact) mass is 453 g/mol. The number of nitrogens with one attached hydrogen (secondary N) is 4. The Morgan fingerprint density at radius 1 is 1.00 bits per heavy atom. The van der Waals surface area contributed by atoms with Crippen LogP contribution in [0.3, 0.4) is 0 Å². The maximum absolute atomic E-state index is 12.5. The first-order valence-electron chi connectivity index (χ1n) is 10.2. The molecule has 0 bridgehead atoms. The molecule has 4 N–H and O–H groups in total. The Bertz CT molecular complexity index is 1130. The van der Waals surface area contributed by atoms with E-state index < -0.39 is 29.4 Å². The number of anilines is 3. The van der Waals surface area contributed by atoms with Gasteiger partial charge < -0.3 is 30.7 Å². The van der Waals surface area contributed by atoms with Crippen molar-refractivity contribution in [1.29, 1.82) is 0 Å². The van der Waals surface area contributed by atoms with Crippen LogP contribution in [-0.2, 0) is 9.59 Å². The summed E-state index contributed by atoms with van der Waals surface area (Å²) in [6.45, 7) is 3.85. The lowest BCUT2D eigenvalue weighted by Gasteiger charge is -2.19. The van der Waals surface area contributed by atoms with Crippen molar-refractivity contribution in [3.63, 3.8) is 0 Å². The average Bonchev–Trinajstić information content (AvgIpc) is 2.98. The number of ether oxygens (including phenoxy) is 2. The van der Waals surface area contributed by atoms with Crippen LogP contribution in [-0.4, -0.2) is 49.2 Å². The molecule has 0 saturated carbocycles. The van der Waals surface area contributed by atoms with Crippen LogP contribution in [0, 0.1) is 0 Å². The predicted octanol–water partition coefficient (Wildman–Crippen LogP) is 2.05. The van der Waals surface area contributed by atoms with Crippen LogP contribution in [0.4, 0.5) is 26.7 Å². The molecule has 33 heavy (non-hydrogen) atoms. The van der Waals surface area contributed by atoms with Crippen LogP contribution in [0.25, 0.3) is 0 Å². The summed E-state index contributed by atoms with van der Waals surface area (Å²) in [5, 5.41) is 10.3. The zero-order valence-electron chi connectivity index (χ0n) is 18.1. The highest BCUT2D eigenvalue weighted by molar-refractivity contribution is 6.23. The minimum absolute atomic E-state index is 0.277. The molecule has 0 spiro atoms. The van der Waals surface area contributed by atoms with Crippen molar-refractivity contribution in [1.82, 2.24) is 10.6 Å². The molecule has 2 heterocycles. The summed E-state index contributed by atoms with van der Waals surface area (Å²) in [7, 11) is 0. The summed E-state index contributed by atoms with van der Waals surface area (Å²) >= 11 is 0. The number of carbonyl (C=O) groups is 4. The van der Waals surface area contributed by atoms with Crippen molar-refractivity contribution < 1.29 is 28.7 Å². The SMILES string of the molecule is CC1(C)NC(=O)N(c2cccc(NC(=O)NCC(=O)Nc3ccc4c(c3)OCCO4)c2)C1=O. The highest BCUT2D eigenvalue weighted by Crippen LogP contribution is 2.32. The van der Waals surface area contributed by atoms with E-state index in [0.717, 1.165) is 4.90 Å². The van der Waals surface area contributed by atoms with Crippen molar-refractivity contribution in [3.05, 3.63) is 42.5 Å². The fraction of sp³-hybridized carbons (Fsp3) is 0.273. The Labute approximate surface area is 189 Å². The molecule has 2 aromatic rings. The molecule has 0 unspecified atom stereocenters. The first kappa shape index (κ1) is 21.9. The number of amides is 6. The van der Waals surface area contributed by atoms with Crippen LogP contribution in [0.2, 0.25) is 0 Å².